The standard InChI is InChI=1S/C13H27NO2/c1-2-3-5-12-6-4-7-13(12)14-8-10-16-11-9-15/h12-15H,2-11H2,1H3. The van der Waals surface area contributed by atoms with Crippen molar-refractivity contribution in [3.05, 3.63) is 0 Å². The predicted molar refractivity (Wildman–Crippen MR) is 66.6 cm³/mol. The van der Waals surface area contributed by atoms with Crippen molar-refractivity contribution < 1.29 is 9.84 Å². The SMILES string of the molecule is CCCCC1CCCC1NCCOCCO. The van der Waals surface area contributed by atoms with E-state index in [1.54, 1.807) is 0 Å². The topological polar surface area (TPSA) is 41.5 Å². The largest absolute Gasteiger partial charge is 0.394 e. The van der Waals surface area contributed by atoms with E-state index in [1.165, 1.54) is 38.5 Å². The fraction of sp³-hybridized carbons (Fsp3) is 1.00. The smallest absolute Gasteiger partial charge is 0.0698 e. The lowest BCUT2D eigenvalue weighted by atomic mass is 9.97. The summed E-state index contributed by atoms with van der Waals surface area (Å²) < 4.78 is 5.25. The second kappa shape index (κ2) is 8.97. The molecule has 3 heteroatoms. The molecule has 1 saturated carbocycles. The van der Waals surface area contributed by atoms with Gasteiger partial charge in [0.05, 0.1) is 19.8 Å². The molecule has 0 aromatic carbocycles. The van der Waals surface area contributed by atoms with Gasteiger partial charge in [0.2, 0.25) is 0 Å². The van der Waals surface area contributed by atoms with E-state index in [-0.39, 0.29) is 6.61 Å². The number of aliphatic hydroxyl groups is 1. The summed E-state index contributed by atoms with van der Waals surface area (Å²) in [6, 6.07) is 0.712. The summed E-state index contributed by atoms with van der Waals surface area (Å²) in [6.45, 7) is 4.50. The Morgan fingerprint density at radius 2 is 2.19 bits per heavy atom. The molecule has 1 aliphatic rings. The first-order valence-electron chi connectivity index (χ1n) is 6.80. The van der Waals surface area contributed by atoms with Crippen molar-refractivity contribution in [2.24, 2.45) is 5.92 Å². The van der Waals surface area contributed by atoms with Crippen molar-refractivity contribution in [2.45, 2.75) is 51.5 Å². The molecular formula is C13H27NO2. The Hall–Kier alpha value is -0.120. The molecule has 96 valence electrons. The Morgan fingerprint density at radius 1 is 1.31 bits per heavy atom. The van der Waals surface area contributed by atoms with Gasteiger partial charge in [-0.2, -0.15) is 0 Å². The maximum atomic E-state index is 8.57. The minimum absolute atomic E-state index is 0.128. The molecule has 2 N–H and O–H groups in total. The Kier molecular flexibility index (Phi) is 7.81. The van der Waals surface area contributed by atoms with Crippen LogP contribution in [0, 0.1) is 5.92 Å². The summed E-state index contributed by atoms with van der Waals surface area (Å²) in [5.41, 5.74) is 0. The number of aliphatic hydroxyl groups excluding tert-OH is 1. The molecule has 0 aliphatic heterocycles. The van der Waals surface area contributed by atoms with E-state index in [9.17, 15) is 0 Å². The lowest BCUT2D eigenvalue weighted by molar-refractivity contribution is 0.0917. The molecule has 2 atom stereocenters. The highest BCUT2D eigenvalue weighted by molar-refractivity contribution is 4.82. The minimum atomic E-state index is 0.128. The Labute approximate surface area is 99.6 Å². The number of unbranched alkanes of at least 4 members (excludes halogenated alkanes) is 1. The van der Waals surface area contributed by atoms with Crippen LogP contribution < -0.4 is 5.32 Å². The van der Waals surface area contributed by atoms with Crippen LogP contribution in [0.3, 0.4) is 0 Å². The van der Waals surface area contributed by atoms with Crippen molar-refractivity contribution in [3.63, 3.8) is 0 Å². The van der Waals surface area contributed by atoms with Gasteiger partial charge in [-0.1, -0.05) is 26.2 Å². The zero-order valence-electron chi connectivity index (χ0n) is 10.6. The predicted octanol–water partition coefficient (Wildman–Crippen LogP) is 1.94. The Balaban J connectivity index is 2.05. The summed E-state index contributed by atoms with van der Waals surface area (Å²) in [5.74, 6) is 0.887. The summed E-state index contributed by atoms with van der Waals surface area (Å²) in [5, 5.41) is 12.2. The third-order valence-electron chi connectivity index (χ3n) is 3.48. The lowest BCUT2D eigenvalue weighted by Gasteiger charge is -2.20. The third kappa shape index (κ3) is 5.28. The van der Waals surface area contributed by atoms with Gasteiger partial charge in [0.15, 0.2) is 0 Å². The van der Waals surface area contributed by atoms with Crippen LogP contribution in [0.15, 0.2) is 0 Å². The van der Waals surface area contributed by atoms with Crippen LogP contribution in [0.5, 0.6) is 0 Å². The molecule has 0 radical (unpaired) electrons. The molecule has 0 aromatic heterocycles. The van der Waals surface area contributed by atoms with Gasteiger partial charge in [-0.05, 0) is 25.2 Å². The first kappa shape index (κ1) is 13.9. The molecule has 1 rings (SSSR count). The second-order valence-electron chi connectivity index (χ2n) is 4.73. The van der Waals surface area contributed by atoms with E-state index >= 15 is 0 Å². The van der Waals surface area contributed by atoms with Crippen LogP contribution >= 0.6 is 0 Å². The molecular weight excluding hydrogens is 202 g/mol. The molecule has 0 heterocycles. The van der Waals surface area contributed by atoms with Crippen LogP contribution in [-0.4, -0.2) is 37.5 Å². The molecule has 1 fully saturated rings. The third-order valence-corrected chi connectivity index (χ3v) is 3.48. The second-order valence-corrected chi connectivity index (χ2v) is 4.73. The lowest BCUT2D eigenvalue weighted by Crippen LogP contribution is -2.35. The average Bonchev–Trinajstić information content (AvgIpc) is 2.74. The van der Waals surface area contributed by atoms with Crippen molar-refractivity contribution in [1.82, 2.24) is 5.32 Å². The maximum Gasteiger partial charge on any atom is 0.0698 e. The molecule has 0 saturated heterocycles. The molecule has 0 bridgehead atoms. The van der Waals surface area contributed by atoms with Gasteiger partial charge in [-0.15, -0.1) is 0 Å². The molecule has 3 nitrogen and oxygen atoms in total. The van der Waals surface area contributed by atoms with Crippen LogP contribution in [0.25, 0.3) is 0 Å². The van der Waals surface area contributed by atoms with E-state index < -0.39 is 0 Å². The highest BCUT2D eigenvalue weighted by atomic mass is 16.5. The number of nitrogens with one attached hydrogen (secondary N) is 1. The summed E-state index contributed by atoms with van der Waals surface area (Å²) in [7, 11) is 0. The van der Waals surface area contributed by atoms with Crippen LogP contribution in [0.4, 0.5) is 0 Å². The molecule has 0 spiro atoms. The van der Waals surface area contributed by atoms with E-state index in [0.717, 1.165) is 19.1 Å². The highest BCUT2D eigenvalue weighted by Crippen LogP contribution is 2.29. The zero-order chi connectivity index (χ0) is 11.6. The van der Waals surface area contributed by atoms with Gasteiger partial charge in [-0.3, -0.25) is 0 Å². The van der Waals surface area contributed by atoms with Gasteiger partial charge in [0, 0.05) is 12.6 Å². The van der Waals surface area contributed by atoms with Crippen molar-refractivity contribution in [3.8, 4) is 0 Å². The molecule has 0 amide bonds. The normalized spacial score (nSPS) is 25.1. The van der Waals surface area contributed by atoms with Gasteiger partial charge < -0.3 is 15.2 Å². The molecule has 16 heavy (non-hydrogen) atoms. The summed E-state index contributed by atoms with van der Waals surface area (Å²) in [4.78, 5) is 0. The van der Waals surface area contributed by atoms with E-state index in [0.29, 0.717) is 12.6 Å². The van der Waals surface area contributed by atoms with Crippen LogP contribution in [0.2, 0.25) is 0 Å². The van der Waals surface area contributed by atoms with Crippen molar-refractivity contribution >= 4 is 0 Å². The van der Waals surface area contributed by atoms with Gasteiger partial charge in [-0.25, -0.2) is 0 Å². The monoisotopic (exact) mass is 229 g/mol. The van der Waals surface area contributed by atoms with Gasteiger partial charge in [0.25, 0.3) is 0 Å². The van der Waals surface area contributed by atoms with Crippen molar-refractivity contribution in [2.75, 3.05) is 26.4 Å². The summed E-state index contributed by atoms with van der Waals surface area (Å²) >= 11 is 0. The quantitative estimate of drug-likeness (QED) is 0.594. The minimum Gasteiger partial charge on any atom is -0.394 e. The first-order chi connectivity index (χ1) is 7.88. The summed E-state index contributed by atoms with van der Waals surface area (Å²) in [6.07, 6.45) is 8.16. The fourth-order valence-corrected chi connectivity index (χ4v) is 2.60. The number of rotatable bonds is 9. The molecule has 2 unspecified atom stereocenters. The molecule has 1 aliphatic carbocycles. The van der Waals surface area contributed by atoms with E-state index in [1.807, 2.05) is 0 Å². The van der Waals surface area contributed by atoms with Crippen LogP contribution in [0.1, 0.15) is 45.4 Å². The maximum absolute atomic E-state index is 8.57. The van der Waals surface area contributed by atoms with E-state index in [2.05, 4.69) is 12.2 Å². The first-order valence-corrected chi connectivity index (χ1v) is 6.80. The van der Waals surface area contributed by atoms with E-state index in [4.69, 9.17) is 9.84 Å². The van der Waals surface area contributed by atoms with Crippen molar-refractivity contribution in [1.29, 1.82) is 0 Å². The number of ether oxygens (including phenoxy) is 1. The highest BCUT2D eigenvalue weighted by Gasteiger charge is 2.25. The number of hydrogen-bond acceptors (Lipinski definition) is 3. The Morgan fingerprint density at radius 3 is 2.94 bits per heavy atom. The molecule has 0 aromatic rings. The fourth-order valence-electron chi connectivity index (χ4n) is 2.60. The van der Waals surface area contributed by atoms with Gasteiger partial charge in [0.1, 0.15) is 0 Å². The van der Waals surface area contributed by atoms with Crippen LogP contribution in [-0.2, 0) is 4.74 Å². The zero-order valence-corrected chi connectivity index (χ0v) is 10.6. The van der Waals surface area contributed by atoms with Gasteiger partial charge >= 0.3 is 0 Å². The number of hydrogen-bond donors (Lipinski definition) is 2. The average molecular weight is 229 g/mol. The Bertz CT molecular complexity index is 164.